The van der Waals surface area contributed by atoms with Crippen molar-refractivity contribution in [1.82, 2.24) is 10.2 Å². The molecule has 2 amide bonds. The maximum Gasteiger partial charge on any atom is 0.317 e. The Kier molecular flexibility index (Phi) is 4.86. The molecule has 1 saturated heterocycles. The lowest BCUT2D eigenvalue weighted by Crippen LogP contribution is -2.51. The van der Waals surface area contributed by atoms with E-state index in [4.69, 9.17) is 21.1 Å². The highest BCUT2D eigenvalue weighted by Gasteiger charge is 2.40. The van der Waals surface area contributed by atoms with Gasteiger partial charge in [0.25, 0.3) is 0 Å². The summed E-state index contributed by atoms with van der Waals surface area (Å²) in [4.78, 5) is 14.1. The highest BCUT2D eigenvalue weighted by Crippen LogP contribution is 2.41. The van der Waals surface area contributed by atoms with Crippen LogP contribution in [0, 0.1) is 0 Å². The number of morpholine rings is 1. The summed E-state index contributed by atoms with van der Waals surface area (Å²) in [6, 6.07) is 8.04. The Morgan fingerprint density at radius 3 is 3.18 bits per heavy atom. The number of hydrogen-bond acceptors (Lipinski definition) is 3. The van der Waals surface area contributed by atoms with Crippen molar-refractivity contribution in [2.45, 2.75) is 24.5 Å². The van der Waals surface area contributed by atoms with Crippen molar-refractivity contribution in [2.24, 2.45) is 0 Å². The van der Waals surface area contributed by atoms with Gasteiger partial charge in [-0.2, -0.15) is 0 Å². The molecule has 1 aromatic rings. The van der Waals surface area contributed by atoms with Crippen LogP contribution in [0.5, 0.6) is 0 Å². The monoisotopic (exact) mass is 324 g/mol. The van der Waals surface area contributed by atoms with Crippen molar-refractivity contribution in [1.29, 1.82) is 0 Å². The van der Waals surface area contributed by atoms with Crippen molar-refractivity contribution < 1.29 is 14.3 Å². The number of halogens is 1. The van der Waals surface area contributed by atoms with Crippen LogP contribution in [-0.4, -0.2) is 56.5 Å². The van der Waals surface area contributed by atoms with E-state index in [-0.39, 0.29) is 18.2 Å². The number of benzene rings is 1. The van der Waals surface area contributed by atoms with Crippen molar-refractivity contribution >= 4 is 17.6 Å². The van der Waals surface area contributed by atoms with Gasteiger partial charge in [0.05, 0.1) is 25.9 Å². The molecule has 2 fully saturated rings. The van der Waals surface area contributed by atoms with Crippen molar-refractivity contribution in [3.63, 3.8) is 0 Å². The molecule has 0 bridgehead atoms. The fourth-order valence-corrected chi connectivity index (χ4v) is 3.10. The molecule has 5 nitrogen and oxygen atoms in total. The largest absolute Gasteiger partial charge is 0.382 e. The Balaban J connectivity index is 1.51. The molecular weight excluding hydrogens is 304 g/mol. The Bertz CT molecular complexity index is 538. The maximum atomic E-state index is 12.3. The lowest BCUT2D eigenvalue weighted by molar-refractivity contribution is -0.0494. The third kappa shape index (κ3) is 3.72. The summed E-state index contributed by atoms with van der Waals surface area (Å²) in [7, 11) is 1.64. The highest BCUT2D eigenvalue weighted by atomic mass is 35.5. The van der Waals surface area contributed by atoms with Gasteiger partial charge in [-0.3, -0.25) is 0 Å². The zero-order chi connectivity index (χ0) is 15.5. The summed E-state index contributed by atoms with van der Waals surface area (Å²) in [5.41, 5.74) is 1.19. The van der Waals surface area contributed by atoms with E-state index >= 15 is 0 Å². The van der Waals surface area contributed by atoms with Crippen molar-refractivity contribution in [3.05, 3.63) is 34.9 Å². The summed E-state index contributed by atoms with van der Waals surface area (Å²) in [6.45, 7) is 2.27. The first-order chi connectivity index (χ1) is 10.7. The predicted octanol–water partition coefficient (Wildman–Crippen LogP) is 2.25. The van der Waals surface area contributed by atoms with Crippen molar-refractivity contribution in [2.75, 3.05) is 33.4 Å². The molecule has 0 aromatic heterocycles. The third-order valence-corrected chi connectivity index (χ3v) is 4.39. The van der Waals surface area contributed by atoms with Gasteiger partial charge in [-0.25, -0.2) is 4.79 Å². The van der Waals surface area contributed by atoms with Gasteiger partial charge >= 0.3 is 6.03 Å². The van der Waals surface area contributed by atoms with Crippen LogP contribution in [0.3, 0.4) is 0 Å². The standard InChI is InChI=1S/C16H21ClN2O3/c1-21-10-13-9-19(5-6-22-13)16(20)18-15-8-14(15)11-3-2-4-12(17)7-11/h2-4,7,13-15H,5-6,8-10H2,1H3,(H,18,20)/t13-,14+,15+/m0/s1. The number of carbonyl (C=O) groups is 1. The van der Waals surface area contributed by atoms with E-state index in [2.05, 4.69) is 11.4 Å². The van der Waals surface area contributed by atoms with E-state index in [9.17, 15) is 4.79 Å². The van der Waals surface area contributed by atoms with Crippen LogP contribution in [0.1, 0.15) is 17.9 Å². The normalized spacial score (nSPS) is 27.5. The van der Waals surface area contributed by atoms with E-state index in [0.29, 0.717) is 32.2 Å². The molecule has 0 radical (unpaired) electrons. The number of ether oxygens (including phenoxy) is 2. The fraction of sp³-hybridized carbons (Fsp3) is 0.562. The van der Waals surface area contributed by atoms with Crippen LogP contribution < -0.4 is 5.32 Å². The molecule has 3 atom stereocenters. The minimum atomic E-state index is -0.0348. The van der Waals surface area contributed by atoms with Gasteiger partial charge in [0.15, 0.2) is 0 Å². The quantitative estimate of drug-likeness (QED) is 0.924. The Morgan fingerprint density at radius 2 is 2.41 bits per heavy atom. The second kappa shape index (κ2) is 6.86. The van der Waals surface area contributed by atoms with E-state index in [0.717, 1.165) is 11.4 Å². The molecule has 1 aliphatic carbocycles. The van der Waals surface area contributed by atoms with E-state index in [1.165, 1.54) is 5.56 Å². The Hall–Kier alpha value is -1.30. The van der Waals surface area contributed by atoms with Gasteiger partial charge < -0.3 is 19.7 Å². The minimum absolute atomic E-state index is 0.0149. The van der Waals surface area contributed by atoms with E-state index in [1.807, 2.05) is 18.2 Å². The SMILES string of the molecule is COC[C@@H]1CN(C(=O)N[C@@H]2C[C@@H]2c2cccc(Cl)c2)CCO1. The first kappa shape index (κ1) is 15.6. The van der Waals surface area contributed by atoms with Crippen LogP contribution in [0.15, 0.2) is 24.3 Å². The van der Waals surface area contributed by atoms with Gasteiger partial charge in [-0.05, 0) is 24.1 Å². The van der Waals surface area contributed by atoms with Crippen LogP contribution in [0.2, 0.25) is 5.02 Å². The molecule has 1 saturated carbocycles. The summed E-state index contributed by atoms with van der Waals surface area (Å²) < 4.78 is 10.7. The van der Waals surface area contributed by atoms with Gasteiger partial charge in [0.2, 0.25) is 0 Å². The Labute approximate surface area is 135 Å². The molecule has 0 spiro atoms. The smallest absolute Gasteiger partial charge is 0.317 e. The molecule has 2 aliphatic rings. The van der Waals surface area contributed by atoms with Gasteiger partial charge in [0, 0.05) is 30.6 Å². The number of amides is 2. The maximum absolute atomic E-state index is 12.3. The molecule has 1 aliphatic heterocycles. The topological polar surface area (TPSA) is 50.8 Å². The number of hydrogen-bond donors (Lipinski definition) is 1. The second-order valence-corrected chi connectivity index (χ2v) is 6.28. The number of urea groups is 1. The summed E-state index contributed by atoms with van der Waals surface area (Å²) in [5, 5.41) is 3.84. The average molecular weight is 325 g/mol. The zero-order valence-electron chi connectivity index (χ0n) is 12.6. The molecule has 3 rings (SSSR count). The number of methoxy groups -OCH3 is 1. The van der Waals surface area contributed by atoms with Crippen LogP contribution >= 0.6 is 11.6 Å². The molecule has 1 N–H and O–H groups in total. The number of nitrogens with one attached hydrogen (secondary N) is 1. The third-order valence-electron chi connectivity index (χ3n) is 4.15. The van der Waals surface area contributed by atoms with Gasteiger partial charge in [-0.15, -0.1) is 0 Å². The predicted molar refractivity (Wildman–Crippen MR) is 84.3 cm³/mol. The molecule has 1 aromatic carbocycles. The van der Waals surface area contributed by atoms with Crippen molar-refractivity contribution in [3.8, 4) is 0 Å². The van der Waals surface area contributed by atoms with Crippen LogP contribution in [0.25, 0.3) is 0 Å². The molecule has 120 valence electrons. The first-order valence-corrected chi connectivity index (χ1v) is 7.96. The molecule has 0 unspecified atom stereocenters. The molecule has 22 heavy (non-hydrogen) atoms. The minimum Gasteiger partial charge on any atom is -0.382 e. The van der Waals surface area contributed by atoms with E-state index in [1.54, 1.807) is 12.0 Å². The zero-order valence-corrected chi connectivity index (χ0v) is 13.4. The van der Waals surface area contributed by atoms with Gasteiger partial charge in [-0.1, -0.05) is 23.7 Å². The summed E-state index contributed by atoms with van der Waals surface area (Å²) in [5.74, 6) is 0.374. The lowest BCUT2D eigenvalue weighted by atomic mass is 10.1. The van der Waals surface area contributed by atoms with Crippen LogP contribution in [0.4, 0.5) is 4.79 Å². The lowest BCUT2D eigenvalue weighted by Gasteiger charge is -2.32. The average Bonchev–Trinajstić information content (AvgIpc) is 3.27. The summed E-state index contributed by atoms with van der Waals surface area (Å²) >= 11 is 6.02. The molecular formula is C16H21ClN2O3. The van der Waals surface area contributed by atoms with E-state index < -0.39 is 0 Å². The summed E-state index contributed by atoms with van der Waals surface area (Å²) in [6.07, 6.45) is 0.935. The first-order valence-electron chi connectivity index (χ1n) is 7.59. The highest BCUT2D eigenvalue weighted by molar-refractivity contribution is 6.30. The fourth-order valence-electron chi connectivity index (χ4n) is 2.90. The second-order valence-electron chi connectivity index (χ2n) is 5.85. The molecule has 1 heterocycles. The molecule has 6 heteroatoms. The number of rotatable bonds is 4. The van der Waals surface area contributed by atoms with Gasteiger partial charge in [0.1, 0.15) is 0 Å². The Morgan fingerprint density at radius 1 is 1.55 bits per heavy atom. The van der Waals surface area contributed by atoms with Crippen LogP contribution in [-0.2, 0) is 9.47 Å². The number of carbonyl (C=O) groups excluding carboxylic acids is 1. The number of nitrogens with zero attached hydrogens (tertiary/aromatic N) is 1.